The Hall–Kier alpha value is -2.10. The van der Waals surface area contributed by atoms with Crippen molar-refractivity contribution in [3.05, 3.63) is 58.4 Å². The molecule has 0 bridgehead atoms. The van der Waals surface area contributed by atoms with Crippen LogP contribution in [-0.4, -0.2) is 30.3 Å². The van der Waals surface area contributed by atoms with Crippen molar-refractivity contribution in [3.8, 4) is 0 Å². The average molecular weight is 504 g/mol. The van der Waals surface area contributed by atoms with Crippen molar-refractivity contribution in [3.63, 3.8) is 0 Å². The second kappa shape index (κ2) is 9.27. The highest BCUT2D eigenvalue weighted by molar-refractivity contribution is 7.92. The van der Waals surface area contributed by atoms with Crippen molar-refractivity contribution < 1.29 is 31.5 Å². The monoisotopic (exact) mass is 503 g/mol. The third-order valence-electron chi connectivity index (χ3n) is 5.88. The van der Waals surface area contributed by atoms with Gasteiger partial charge < -0.3 is 10.4 Å². The van der Waals surface area contributed by atoms with E-state index in [1.165, 1.54) is 12.1 Å². The van der Waals surface area contributed by atoms with Gasteiger partial charge in [-0.1, -0.05) is 18.5 Å². The predicted octanol–water partition coefficient (Wildman–Crippen LogP) is 5.36. The maximum absolute atomic E-state index is 13.6. The van der Waals surface area contributed by atoms with Gasteiger partial charge in [-0.3, -0.25) is 4.79 Å². The number of carbonyl (C=O) groups excluding carboxylic acids is 1. The first-order valence-corrected chi connectivity index (χ1v) is 12.3. The summed E-state index contributed by atoms with van der Waals surface area (Å²) >= 11 is 6.21. The lowest BCUT2D eigenvalue weighted by Gasteiger charge is -2.28. The second-order valence-corrected chi connectivity index (χ2v) is 11.7. The van der Waals surface area contributed by atoms with Crippen LogP contribution in [0, 0.1) is 29.3 Å². The molecule has 0 radical (unpaired) electrons. The van der Waals surface area contributed by atoms with Gasteiger partial charge in [-0.15, -0.1) is 0 Å². The zero-order valence-electron chi connectivity index (χ0n) is 18.3. The van der Waals surface area contributed by atoms with E-state index < -0.39 is 44.0 Å². The maximum atomic E-state index is 13.6. The number of rotatable bonds is 6. The largest absolute Gasteiger partial charge is 0.390 e. The summed E-state index contributed by atoms with van der Waals surface area (Å²) in [7, 11) is -3.98. The van der Waals surface area contributed by atoms with Gasteiger partial charge in [0.05, 0.1) is 20.8 Å². The predicted molar refractivity (Wildman–Crippen MR) is 119 cm³/mol. The molecule has 10 heteroatoms. The highest BCUT2D eigenvalue weighted by atomic mass is 35.5. The number of sulfone groups is 1. The molecule has 2 aromatic rings. The molecule has 0 saturated heterocycles. The van der Waals surface area contributed by atoms with Gasteiger partial charge in [-0.2, -0.15) is 0 Å². The van der Waals surface area contributed by atoms with Crippen molar-refractivity contribution in [2.45, 2.75) is 55.8 Å². The summed E-state index contributed by atoms with van der Waals surface area (Å²) in [5.74, 6) is -5.93. The van der Waals surface area contributed by atoms with Crippen molar-refractivity contribution in [1.82, 2.24) is 0 Å². The fourth-order valence-corrected chi connectivity index (χ4v) is 7.38. The van der Waals surface area contributed by atoms with Gasteiger partial charge in [0.1, 0.15) is 0 Å². The Bertz CT molecular complexity index is 1160. The molecule has 0 heterocycles. The van der Waals surface area contributed by atoms with Crippen molar-refractivity contribution in [2.24, 2.45) is 11.8 Å². The Morgan fingerprint density at radius 3 is 2.33 bits per heavy atom. The Morgan fingerprint density at radius 2 is 1.76 bits per heavy atom. The molecule has 1 aliphatic carbocycles. The molecule has 5 nitrogen and oxygen atoms in total. The van der Waals surface area contributed by atoms with Crippen LogP contribution in [0.4, 0.5) is 18.9 Å². The van der Waals surface area contributed by atoms with Crippen molar-refractivity contribution in [2.75, 3.05) is 5.32 Å². The first-order valence-electron chi connectivity index (χ1n) is 10.4. The summed E-state index contributed by atoms with van der Waals surface area (Å²) in [6.07, 6.45) is 1.60. The summed E-state index contributed by atoms with van der Waals surface area (Å²) in [5, 5.41) is 11.6. The molecule has 0 spiro atoms. The third kappa shape index (κ3) is 5.53. The van der Waals surface area contributed by atoms with E-state index in [9.17, 15) is 31.5 Å². The van der Waals surface area contributed by atoms with Gasteiger partial charge in [-0.05, 0) is 63.1 Å². The first kappa shape index (κ1) is 25.5. The highest BCUT2D eigenvalue weighted by Crippen LogP contribution is 2.43. The van der Waals surface area contributed by atoms with E-state index in [1.807, 2.05) is 6.92 Å². The van der Waals surface area contributed by atoms with E-state index in [1.54, 1.807) is 13.8 Å². The molecule has 2 N–H and O–H groups in total. The van der Waals surface area contributed by atoms with E-state index in [0.29, 0.717) is 31.4 Å². The van der Waals surface area contributed by atoms with Crippen LogP contribution in [0.5, 0.6) is 0 Å². The lowest BCUT2D eigenvalue weighted by molar-refractivity contribution is 0.0535. The number of benzene rings is 2. The summed E-state index contributed by atoms with van der Waals surface area (Å²) in [6, 6.07) is 4.89. The van der Waals surface area contributed by atoms with Crippen LogP contribution < -0.4 is 5.32 Å². The quantitative estimate of drug-likeness (QED) is 0.520. The number of amides is 1. The fourth-order valence-electron chi connectivity index (χ4n) is 4.53. The molecular weight excluding hydrogens is 479 g/mol. The molecule has 0 aromatic heterocycles. The number of nitrogens with one attached hydrogen (secondary N) is 1. The minimum atomic E-state index is -3.98. The average Bonchev–Trinajstić information content (AvgIpc) is 3.05. The molecule has 2 aromatic carbocycles. The Morgan fingerprint density at radius 1 is 1.15 bits per heavy atom. The molecule has 1 fully saturated rings. The minimum absolute atomic E-state index is 0.0634. The highest BCUT2D eigenvalue weighted by Gasteiger charge is 2.45. The van der Waals surface area contributed by atoms with Crippen LogP contribution in [-0.2, 0) is 9.84 Å². The van der Waals surface area contributed by atoms with Crippen molar-refractivity contribution in [1.29, 1.82) is 0 Å². The molecular formula is C23H25ClF3NO4S. The molecule has 1 aliphatic rings. The van der Waals surface area contributed by atoms with Crippen LogP contribution in [0.25, 0.3) is 0 Å². The van der Waals surface area contributed by atoms with E-state index in [4.69, 9.17) is 11.6 Å². The second-order valence-electron chi connectivity index (χ2n) is 9.19. The van der Waals surface area contributed by atoms with Gasteiger partial charge in [-0.25, -0.2) is 21.6 Å². The lowest BCUT2D eigenvalue weighted by atomic mass is 9.91. The number of hydrogen-bond acceptors (Lipinski definition) is 4. The Balaban J connectivity index is 1.94. The number of carbonyl (C=O) groups is 1. The normalized spacial score (nSPS) is 21.3. The molecule has 1 saturated carbocycles. The van der Waals surface area contributed by atoms with Crippen LogP contribution in [0.2, 0.25) is 5.02 Å². The smallest absolute Gasteiger partial charge is 0.255 e. The van der Waals surface area contributed by atoms with Crippen LogP contribution in [0.15, 0.2) is 35.2 Å². The number of hydrogen-bond donors (Lipinski definition) is 2. The number of anilines is 1. The van der Waals surface area contributed by atoms with Gasteiger partial charge >= 0.3 is 0 Å². The fraction of sp³-hybridized carbons (Fsp3) is 0.435. The Labute approximate surface area is 195 Å². The van der Waals surface area contributed by atoms with Gasteiger partial charge in [0.2, 0.25) is 0 Å². The number of halogens is 4. The molecule has 3 rings (SSSR count). The maximum Gasteiger partial charge on any atom is 0.255 e. The van der Waals surface area contributed by atoms with Gasteiger partial charge in [0, 0.05) is 23.4 Å². The topological polar surface area (TPSA) is 83.5 Å². The van der Waals surface area contributed by atoms with E-state index in [-0.39, 0.29) is 33.0 Å². The SMILES string of the molecule is CC1CC[C@@H](CC(C)(C)O)C1S(=O)(=O)c1cc(C(=O)Nc2cc(F)c(F)c(F)c2)ccc1Cl. The molecule has 1 amide bonds. The zero-order chi connectivity index (χ0) is 24.7. The van der Waals surface area contributed by atoms with Crippen LogP contribution in [0.1, 0.15) is 50.4 Å². The molecule has 2 unspecified atom stereocenters. The molecule has 180 valence electrons. The van der Waals surface area contributed by atoms with Crippen molar-refractivity contribution >= 4 is 33.0 Å². The van der Waals surface area contributed by atoms with E-state index in [0.717, 1.165) is 6.07 Å². The van der Waals surface area contributed by atoms with Crippen LogP contribution in [0.3, 0.4) is 0 Å². The third-order valence-corrected chi connectivity index (χ3v) is 8.84. The molecule has 3 atom stereocenters. The minimum Gasteiger partial charge on any atom is -0.390 e. The Kier molecular flexibility index (Phi) is 7.17. The van der Waals surface area contributed by atoms with E-state index >= 15 is 0 Å². The summed E-state index contributed by atoms with van der Waals surface area (Å²) in [6.45, 7) is 5.08. The van der Waals surface area contributed by atoms with Gasteiger partial charge in [0.15, 0.2) is 27.3 Å². The first-order chi connectivity index (χ1) is 15.2. The standard InChI is InChI=1S/C23H25ClF3NO4S/c1-12-4-5-14(11-23(2,3)30)21(12)33(31,32)19-8-13(6-7-16(19)24)22(29)28-15-9-17(25)20(27)18(26)10-15/h6-10,12,14,21,30H,4-5,11H2,1-3H3,(H,28,29)/t12?,14-,21?/m0/s1. The molecule has 33 heavy (non-hydrogen) atoms. The zero-order valence-corrected chi connectivity index (χ0v) is 19.9. The number of aliphatic hydroxyl groups is 1. The van der Waals surface area contributed by atoms with E-state index in [2.05, 4.69) is 5.32 Å². The van der Waals surface area contributed by atoms with Crippen LogP contribution >= 0.6 is 11.6 Å². The lowest BCUT2D eigenvalue weighted by Crippen LogP contribution is -2.35. The molecule has 0 aliphatic heterocycles. The van der Waals surface area contributed by atoms with Gasteiger partial charge in [0.25, 0.3) is 5.91 Å². The summed E-state index contributed by atoms with van der Waals surface area (Å²) in [5.41, 5.74) is -1.48. The summed E-state index contributed by atoms with van der Waals surface area (Å²) in [4.78, 5) is 12.4. The summed E-state index contributed by atoms with van der Waals surface area (Å²) < 4.78 is 67.2.